The average molecular weight is 558 g/mol. The molecule has 0 spiro atoms. The summed E-state index contributed by atoms with van der Waals surface area (Å²) in [5.74, 6) is 0.227. The number of aliphatic imine (C=N–C) groups is 1. The van der Waals surface area contributed by atoms with Crippen LogP contribution in [0.1, 0.15) is 44.7 Å². The zero-order chi connectivity index (χ0) is 22.3. The Morgan fingerprint density at radius 1 is 1.32 bits per heavy atom. The first-order valence-corrected chi connectivity index (χ1v) is 9.95. The Hall–Kier alpha value is -1.92. The summed E-state index contributed by atoms with van der Waals surface area (Å²) in [6.07, 6.45) is -3.82. The van der Waals surface area contributed by atoms with Gasteiger partial charge in [0.25, 0.3) is 0 Å². The minimum Gasteiger partial charge on any atom is -0.491 e. The number of likely N-dealkylation sites (tertiary alicyclic amines) is 1. The molecule has 1 aromatic carbocycles. The fraction of sp³-hybridized carbons (Fsp3) is 0.600. The molecule has 0 unspecified atom stereocenters. The predicted molar refractivity (Wildman–Crippen MR) is 123 cm³/mol. The summed E-state index contributed by atoms with van der Waals surface area (Å²) < 4.78 is 50.6. The van der Waals surface area contributed by atoms with Crippen LogP contribution >= 0.6 is 24.0 Å². The second kappa shape index (κ2) is 12.2. The predicted octanol–water partition coefficient (Wildman–Crippen LogP) is 4.14. The summed E-state index contributed by atoms with van der Waals surface area (Å²) in [5, 5.41) is 3.02. The Kier molecular flexibility index (Phi) is 10.7. The second-order valence-corrected chi connectivity index (χ2v) is 7.29. The van der Waals surface area contributed by atoms with E-state index in [1.54, 1.807) is 25.7 Å². The lowest BCUT2D eigenvalue weighted by Crippen LogP contribution is -2.48. The van der Waals surface area contributed by atoms with Crippen LogP contribution in [-0.4, -0.2) is 48.8 Å². The lowest BCUT2D eigenvalue weighted by atomic mass is 10.1. The SMILES string of the molecule is CCOC(=O)N1CCC(NC(N)=NCc2ccc(OC(C)C)cc2C(F)(F)F)CC1.I. The van der Waals surface area contributed by atoms with Crippen molar-refractivity contribution in [3.05, 3.63) is 29.3 Å². The van der Waals surface area contributed by atoms with Gasteiger partial charge in [-0.1, -0.05) is 6.07 Å². The molecule has 0 atom stereocenters. The third-order valence-electron chi connectivity index (χ3n) is 4.55. The fourth-order valence-electron chi connectivity index (χ4n) is 3.15. The third-order valence-corrected chi connectivity index (χ3v) is 4.55. The van der Waals surface area contributed by atoms with Gasteiger partial charge in [0.05, 0.1) is 24.8 Å². The molecule has 176 valence electrons. The van der Waals surface area contributed by atoms with E-state index in [2.05, 4.69) is 10.3 Å². The Morgan fingerprint density at radius 3 is 2.52 bits per heavy atom. The van der Waals surface area contributed by atoms with Gasteiger partial charge < -0.3 is 25.4 Å². The van der Waals surface area contributed by atoms with Gasteiger partial charge in [0, 0.05) is 19.1 Å². The van der Waals surface area contributed by atoms with Gasteiger partial charge in [-0.3, -0.25) is 0 Å². The van der Waals surface area contributed by atoms with E-state index < -0.39 is 11.7 Å². The standard InChI is InChI=1S/C20H29F3N4O3.HI/c1-4-29-19(28)27-9-7-15(8-10-27)26-18(24)25-12-14-5-6-16(30-13(2)3)11-17(14)20(21,22)23;/h5-6,11,13,15H,4,7-10,12H2,1-3H3,(H3,24,25,26);1H. The Balaban J connectivity index is 0.00000480. The minimum absolute atomic E-state index is 0. The van der Waals surface area contributed by atoms with E-state index >= 15 is 0 Å². The Bertz CT molecular complexity index is 752. The maximum atomic E-state index is 13.4. The van der Waals surface area contributed by atoms with Crippen LogP contribution in [0.2, 0.25) is 0 Å². The highest BCUT2D eigenvalue weighted by Crippen LogP contribution is 2.35. The highest BCUT2D eigenvalue weighted by molar-refractivity contribution is 14.0. The van der Waals surface area contributed by atoms with E-state index in [1.165, 1.54) is 12.1 Å². The maximum absolute atomic E-state index is 13.4. The largest absolute Gasteiger partial charge is 0.491 e. The van der Waals surface area contributed by atoms with E-state index in [-0.39, 0.29) is 66.0 Å². The third kappa shape index (κ3) is 8.62. The van der Waals surface area contributed by atoms with Crippen molar-refractivity contribution in [2.45, 2.75) is 58.5 Å². The molecule has 2 rings (SSSR count). The van der Waals surface area contributed by atoms with Gasteiger partial charge in [-0.05, 0) is 51.3 Å². The number of carbonyl (C=O) groups is 1. The van der Waals surface area contributed by atoms with Gasteiger partial charge in [-0.15, -0.1) is 24.0 Å². The van der Waals surface area contributed by atoms with Crippen molar-refractivity contribution in [3.63, 3.8) is 0 Å². The molecule has 1 fully saturated rings. The second-order valence-electron chi connectivity index (χ2n) is 7.29. The number of nitrogens with one attached hydrogen (secondary N) is 1. The lowest BCUT2D eigenvalue weighted by Gasteiger charge is -2.31. The molecule has 7 nitrogen and oxygen atoms in total. The van der Waals surface area contributed by atoms with Crippen molar-refractivity contribution in [3.8, 4) is 5.75 Å². The zero-order valence-corrected chi connectivity index (χ0v) is 20.2. The minimum atomic E-state index is -4.52. The summed E-state index contributed by atoms with van der Waals surface area (Å²) in [4.78, 5) is 17.4. The number of carbonyl (C=O) groups excluding carboxylic acids is 1. The van der Waals surface area contributed by atoms with Gasteiger partial charge in [0.15, 0.2) is 5.96 Å². The number of ether oxygens (including phenoxy) is 2. The molecule has 1 aliphatic rings. The number of hydrogen-bond acceptors (Lipinski definition) is 4. The number of amides is 1. The molecule has 1 amide bonds. The molecule has 0 radical (unpaired) electrons. The van der Waals surface area contributed by atoms with Crippen LogP contribution in [0.4, 0.5) is 18.0 Å². The molecule has 0 bridgehead atoms. The Morgan fingerprint density at radius 2 is 1.97 bits per heavy atom. The van der Waals surface area contributed by atoms with Crippen molar-refractivity contribution >= 4 is 36.0 Å². The summed E-state index contributed by atoms with van der Waals surface area (Å²) in [5.41, 5.74) is 5.10. The van der Waals surface area contributed by atoms with Crippen LogP contribution in [-0.2, 0) is 17.5 Å². The maximum Gasteiger partial charge on any atom is 0.416 e. The van der Waals surface area contributed by atoms with Crippen LogP contribution in [0.15, 0.2) is 23.2 Å². The van der Waals surface area contributed by atoms with Gasteiger partial charge in [-0.25, -0.2) is 9.79 Å². The number of nitrogens with zero attached hydrogens (tertiary/aromatic N) is 2. The molecule has 1 aromatic rings. The molecule has 0 aliphatic carbocycles. The highest BCUT2D eigenvalue weighted by atomic mass is 127. The summed E-state index contributed by atoms with van der Waals surface area (Å²) in [6.45, 7) is 6.37. The van der Waals surface area contributed by atoms with Crippen molar-refractivity contribution in [2.75, 3.05) is 19.7 Å². The number of alkyl halides is 3. The highest BCUT2D eigenvalue weighted by Gasteiger charge is 2.34. The molecular weight excluding hydrogens is 528 g/mol. The van der Waals surface area contributed by atoms with Crippen molar-refractivity contribution in [2.24, 2.45) is 10.7 Å². The number of piperidine rings is 1. The van der Waals surface area contributed by atoms with E-state index in [0.717, 1.165) is 6.07 Å². The molecule has 0 aromatic heterocycles. The number of rotatable bonds is 6. The van der Waals surface area contributed by atoms with Crippen LogP contribution in [0.5, 0.6) is 5.75 Å². The van der Waals surface area contributed by atoms with Crippen LogP contribution in [0, 0.1) is 0 Å². The van der Waals surface area contributed by atoms with E-state index in [1.807, 2.05) is 0 Å². The summed E-state index contributed by atoms with van der Waals surface area (Å²) >= 11 is 0. The number of guanidine groups is 1. The van der Waals surface area contributed by atoms with Gasteiger partial charge in [0.1, 0.15) is 5.75 Å². The molecular formula is C20H30F3IN4O3. The van der Waals surface area contributed by atoms with Crippen molar-refractivity contribution < 1.29 is 27.4 Å². The van der Waals surface area contributed by atoms with E-state index in [0.29, 0.717) is 32.5 Å². The molecule has 0 saturated carbocycles. The normalized spacial score (nSPS) is 15.5. The molecule has 1 saturated heterocycles. The van der Waals surface area contributed by atoms with E-state index in [9.17, 15) is 18.0 Å². The summed E-state index contributed by atoms with van der Waals surface area (Å²) in [7, 11) is 0. The van der Waals surface area contributed by atoms with Gasteiger partial charge in [0.2, 0.25) is 0 Å². The number of hydrogen-bond donors (Lipinski definition) is 2. The first kappa shape index (κ1) is 27.1. The first-order chi connectivity index (χ1) is 14.1. The lowest BCUT2D eigenvalue weighted by molar-refractivity contribution is -0.138. The quantitative estimate of drug-likeness (QED) is 0.312. The molecule has 11 heteroatoms. The molecule has 3 N–H and O–H groups in total. The average Bonchev–Trinajstić information content (AvgIpc) is 2.66. The van der Waals surface area contributed by atoms with E-state index in [4.69, 9.17) is 15.2 Å². The fourth-order valence-corrected chi connectivity index (χ4v) is 3.15. The molecule has 31 heavy (non-hydrogen) atoms. The van der Waals surface area contributed by atoms with Crippen molar-refractivity contribution in [1.82, 2.24) is 10.2 Å². The van der Waals surface area contributed by atoms with Crippen LogP contribution in [0.25, 0.3) is 0 Å². The van der Waals surface area contributed by atoms with Crippen LogP contribution in [0.3, 0.4) is 0 Å². The number of halogens is 4. The topological polar surface area (TPSA) is 89.2 Å². The monoisotopic (exact) mass is 558 g/mol. The molecule has 1 heterocycles. The van der Waals surface area contributed by atoms with Crippen molar-refractivity contribution in [1.29, 1.82) is 0 Å². The van der Waals surface area contributed by atoms with Gasteiger partial charge in [-0.2, -0.15) is 13.2 Å². The zero-order valence-electron chi connectivity index (χ0n) is 17.9. The molecule has 1 aliphatic heterocycles. The number of benzene rings is 1. The smallest absolute Gasteiger partial charge is 0.416 e. The van der Waals surface area contributed by atoms with Crippen LogP contribution < -0.4 is 15.8 Å². The summed E-state index contributed by atoms with van der Waals surface area (Å²) in [6, 6.07) is 3.83. The first-order valence-electron chi connectivity index (χ1n) is 9.95. The van der Waals surface area contributed by atoms with Gasteiger partial charge >= 0.3 is 12.3 Å². The Labute approximate surface area is 197 Å². The number of nitrogens with two attached hydrogens (primary N) is 1.